The molecule has 0 saturated carbocycles. The fourth-order valence-corrected chi connectivity index (χ4v) is 2.52. The number of carbonyl (C=O) groups is 1. The quantitative estimate of drug-likeness (QED) is 0.599. The predicted octanol–water partition coefficient (Wildman–Crippen LogP) is 4.05. The van der Waals surface area contributed by atoms with E-state index in [9.17, 15) is 4.79 Å². The van der Waals surface area contributed by atoms with Crippen LogP contribution in [-0.4, -0.2) is 24.2 Å². The van der Waals surface area contributed by atoms with E-state index in [0.717, 1.165) is 22.7 Å². The van der Waals surface area contributed by atoms with E-state index in [1.54, 1.807) is 31.2 Å². The van der Waals surface area contributed by atoms with Gasteiger partial charge in [-0.15, -0.1) is 0 Å². The van der Waals surface area contributed by atoms with Gasteiger partial charge in [0.2, 0.25) is 0 Å². The van der Waals surface area contributed by atoms with Gasteiger partial charge in [0.1, 0.15) is 0 Å². The standard InChI is InChI=1S/C18H19ClN2O2S/c1-2-23-17(22)14-6-8-16(9-7-14)21-18(24)20-11-10-13-4-3-5-15(19)12-13/h3-9,12H,2,10-11H2,1H3,(H2,20,21,24). The second-order valence-corrected chi connectivity index (χ2v) is 5.90. The van der Waals surface area contributed by atoms with Crippen molar-refractivity contribution in [1.82, 2.24) is 5.32 Å². The van der Waals surface area contributed by atoms with E-state index in [-0.39, 0.29) is 5.97 Å². The van der Waals surface area contributed by atoms with Crippen molar-refractivity contribution < 1.29 is 9.53 Å². The number of thiocarbonyl (C=S) groups is 1. The fraction of sp³-hybridized carbons (Fsp3) is 0.222. The number of carbonyl (C=O) groups excluding carboxylic acids is 1. The molecule has 0 unspecified atom stereocenters. The maximum atomic E-state index is 11.6. The normalized spacial score (nSPS) is 10.1. The van der Waals surface area contributed by atoms with Crippen LogP contribution in [0.2, 0.25) is 5.02 Å². The molecule has 0 aromatic heterocycles. The van der Waals surface area contributed by atoms with E-state index in [0.29, 0.717) is 23.8 Å². The van der Waals surface area contributed by atoms with Gasteiger partial charge in [0, 0.05) is 17.3 Å². The highest BCUT2D eigenvalue weighted by molar-refractivity contribution is 7.80. The average Bonchev–Trinajstić information content (AvgIpc) is 2.56. The summed E-state index contributed by atoms with van der Waals surface area (Å²) in [6.07, 6.45) is 0.824. The first-order chi connectivity index (χ1) is 11.6. The lowest BCUT2D eigenvalue weighted by molar-refractivity contribution is 0.0526. The molecule has 0 saturated heterocycles. The Balaban J connectivity index is 1.78. The molecular weight excluding hydrogens is 344 g/mol. The van der Waals surface area contributed by atoms with Crippen LogP contribution in [0.15, 0.2) is 48.5 Å². The second-order valence-electron chi connectivity index (χ2n) is 5.06. The third-order valence-electron chi connectivity index (χ3n) is 3.24. The van der Waals surface area contributed by atoms with E-state index in [4.69, 9.17) is 28.6 Å². The number of hydrogen-bond acceptors (Lipinski definition) is 3. The molecule has 0 heterocycles. The minimum Gasteiger partial charge on any atom is -0.462 e. The Morgan fingerprint density at radius 1 is 1.21 bits per heavy atom. The van der Waals surface area contributed by atoms with Crippen LogP contribution < -0.4 is 10.6 Å². The number of esters is 1. The summed E-state index contributed by atoms with van der Waals surface area (Å²) in [5.41, 5.74) is 2.47. The monoisotopic (exact) mass is 362 g/mol. The maximum absolute atomic E-state index is 11.6. The molecule has 2 rings (SSSR count). The van der Waals surface area contributed by atoms with E-state index < -0.39 is 0 Å². The lowest BCUT2D eigenvalue weighted by atomic mass is 10.1. The van der Waals surface area contributed by atoms with Crippen LogP contribution in [0.5, 0.6) is 0 Å². The van der Waals surface area contributed by atoms with Gasteiger partial charge in [0.25, 0.3) is 0 Å². The van der Waals surface area contributed by atoms with Gasteiger partial charge in [-0.1, -0.05) is 23.7 Å². The number of anilines is 1. The molecule has 0 radical (unpaired) electrons. The Hall–Kier alpha value is -2.11. The van der Waals surface area contributed by atoms with Gasteiger partial charge in [0.05, 0.1) is 12.2 Å². The molecule has 4 nitrogen and oxygen atoms in total. The molecular formula is C18H19ClN2O2S. The first kappa shape index (κ1) is 18.2. The fourth-order valence-electron chi connectivity index (χ4n) is 2.09. The van der Waals surface area contributed by atoms with Crippen molar-refractivity contribution in [2.75, 3.05) is 18.5 Å². The van der Waals surface area contributed by atoms with Crippen LogP contribution in [-0.2, 0) is 11.2 Å². The number of ether oxygens (including phenoxy) is 1. The molecule has 0 fully saturated rings. The third kappa shape index (κ3) is 5.83. The van der Waals surface area contributed by atoms with Gasteiger partial charge in [-0.25, -0.2) is 4.79 Å². The zero-order valence-corrected chi connectivity index (χ0v) is 14.9. The van der Waals surface area contributed by atoms with Crippen molar-refractivity contribution >= 4 is 40.6 Å². The molecule has 126 valence electrons. The second kappa shape index (κ2) is 9.25. The molecule has 24 heavy (non-hydrogen) atoms. The average molecular weight is 363 g/mol. The van der Waals surface area contributed by atoms with Gasteiger partial charge in [-0.2, -0.15) is 0 Å². The van der Waals surface area contributed by atoms with Crippen molar-refractivity contribution in [3.05, 3.63) is 64.7 Å². The van der Waals surface area contributed by atoms with E-state index in [1.165, 1.54) is 0 Å². The van der Waals surface area contributed by atoms with Crippen molar-refractivity contribution in [3.63, 3.8) is 0 Å². The lowest BCUT2D eigenvalue weighted by Gasteiger charge is -2.11. The first-order valence-electron chi connectivity index (χ1n) is 7.65. The van der Waals surface area contributed by atoms with Gasteiger partial charge >= 0.3 is 5.97 Å². The highest BCUT2D eigenvalue weighted by Gasteiger charge is 2.06. The van der Waals surface area contributed by atoms with Crippen molar-refractivity contribution in [3.8, 4) is 0 Å². The van der Waals surface area contributed by atoms with Gasteiger partial charge in [0.15, 0.2) is 5.11 Å². The molecule has 0 aliphatic rings. The van der Waals surface area contributed by atoms with Gasteiger partial charge in [-0.3, -0.25) is 0 Å². The zero-order valence-electron chi connectivity index (χ0n) is 13.3. The topological polar surface area (TPSA) is 50.4 Å². The molecule has 2 N–H and O–H groups in total. The summed E-state index contributed by atoms with van der Waals surface area (Å²) >= 11 is 11.2. The third-order valence-corrected chi connectivity index (χ3v) is 3.72. The van der Waals surface area contributed by atoms with Crippen LogP contribution in [0, 0.1) is 0 Å². The Morgan fingerprint density at radius 3 is 2.62 bits per heavy atom. The van der Waals surface area contributed by atoms with Crippen LogP contribution in [0.25, 0.3) is 0 Å². The van der Waals surface area contributed by atoms with Gasteiger partial charge in [-0.05, 0) is 67.5 Å². The summed E-state index contributed by atoms with van der Waals surface area (Å²) in [5.74, 6) is -0.328. The molecule has 2 aromatic carbocycles. The Bertz CT molecular complexity index is 704. The molecule has 6 heteroatoms. The van der Waals surface area contributed by atoms with Crippen molar-refractivity contribution in [1.29, 1.82) is 0 Å². The summed E-state index contributed by atoms with van der Waals surface area (Å²) in [6.45, 7) is 2.84. The summed E-state index contributed by atoms with van der Waals surface area (Å²) in [6, 6.07) is 14.7. The highest BCUT2D eigenvalue weighted by Crippen LogP contribution is 2.12. The number of nitrogens with one attached hydrogen (secondary N) is 2. The molecule has 0 aliphatic carbocycles. The predicted molar refractivity (Wildman–Crippen MR) is 102 cm³/mol. The van der Waals surface area contributed by atoms with Crippen LogP contribution in [0.1, 0.15) is 22.8 Å². The minimum absolute atomic E-state index is 0.328. The largest absolute Gasteiger partial charge is 0.462 e. The first-order valence-corrected chi connectivity index (χ1v) is 8.43. The summed E-state index contributed by atoms with van der Waals surface area (Å²) in [7, 11) is 0. The molecule has 0 amide bonds. The molecule has 0 bridgehead atoms. The highest BCUT2D eigenvalue weighted by atomic mass is 35.5. The van der Waals surface area contributed by atoms with Crippen LogP contribution in [0.3, 0.4) is 0 Å². The zero-order chi connectivity index (χ0) is 17.4. The molecule has 0 atom stereocenters. The van der Waals surface area contributed by atoms with Crippen LogP contribution in [0.4, 0.5) is 5.69 Å². The van der Waals surface area contributed by atoms with Crippen LogP contribution >= 0.6 is 23.8 Å². The summed E-state index contributed by atoms with van der Waals surface area (Å²) in [5, 5.41) is 7.48. The Labute approximate surface area is 152 Å². The summed E-state index contributed by atoms with van der Waals surface area (Å²) < 4.78 is 4.95. The number of benzene rings is 2. The van der Waals surface area contributed by atoms with E-state index in [2.05, 4.69) is 10.6 Å². The van der Waals surface area contributed by atoms with Crippen molar-refractivity contribution in [2.45, 2.75) is 13.3 Å². The maximum Gasteiger partial charge on any atom is 0.338 e. The lowest BCUT2D eigenvalue weighted by Crippen LogP contribution is -2.30. The Morgan fingerprint density at radius 2 is 1.96 bits per heavy atom. The molecule has 0 aliphatic heterocycles. The molecule has 2 aromatic rings. The van der Waals surface area contributed by atoms with Crippen molar-refractivity contribution in [2.24, 2.45) is 0 Å². The van der Waals surface area contributed by atoms with E-state index in [1.807, 2.05) is 24.3 Å². The number of hydrogen-bond donors (Lipinski definition) is 2. The Kier molecular flexibility index (Phi) is 7.03. The number of rotatable bonds is 6. The summed E-state index contributed by atoms with van der Waals surface area (Å²) in [4.78, 5) is 11.6. The number of halogens is 1. The molecule has 0 spiro atoms. The van der Waals surface area contributed by atoms with E-state index >= 15 is 0 Å². The van der Waals surface area contributed by atoms with Gasteiger partial charge < -0.3 is 15.4 Å². The smallest absolute Gasteiger partial charge is 0.338 e. The SMILES string of the molecule is CCOC(=O)c1ccc(NC(=S)NCCc2cccc(Cl)c2)cc1. The minimum atomic E-state index is -0.328.